The molecule has 14 heavy (non-hydrogen) atoms. The van der Waals surface area contributed by atoms with Crippen molar-refractivity contribution in [2.24, 2.45) is 0 Å². The van der Waals surface area contributed by atoms with Crippen molar-refractivity contribution in [2.75, 3.05) is 0 Å². The molecule has 0 saturated heterocycles. The maximum absolute atomic E-state index is 13.3. The van der Waals surface area contributed by atoms with Gasteiger partial charge in [-0.15, -0.1) is 24.0 Å². The number of fused-ring (bicyclic) bond motifs is 1. The molecule has 0 aliphatic heterocycles. The van der Waals surface area contributed by atoms with E-state index >= 15 is 0 Å². The highest BCUT2D eigenvalue weighted by molar-refractivity contribution is 7.83. The molecule has 1 aromatic carbocycles. The molecule has 0 unspecified atom stereocenters. The predicted molar refractivity (Wildman–Crippen MR) is 58.9 cm³/mol. The van der Waals surface area contributed by atoms with Crippen molar-refractivity contribution in [2.45, 2.75) is 4.21 Å². The average Bonchev–Trinajstić information content (AvgIpc) is 2.47. The van der Waals surface area contributed by atoms with Gasteiger partial charge in [-0.25, -0.2) is 4.39 Å². The smallest absolute Gasteiger partial charge is 0.423 e. The fourth-order valence-electron chi connectivity index (χ4n) is 1.30. The highest BCUT2D eigenvalue weighted by Gasteiger charge is 2.18. The summed E-state index contributed by atoms with van der Waals surface area (Å²) >= 11 is 5.32. The number of hydrogen-bond acceptors (Lipinski definition) is 4. The third-order valence-electron chi connectivity index (χ3n) is 1.93. The Morgan fingerprint density at radius 3 is 2.71 bits per heavy atom. The van der Waals surface area contributed by atoms with E-state index in [1.165, 1.54) is 23.5 Å². The molecule has 0 radical (unpaired) electrons. The summed E-state index contributed by atoms with van der Waals surface area (Å²) in [5, 5.41) is 18.5. The largest absolute Gasteiger partial charge is 0.489 e. The Morgan fingerprint density at radius 2 is 2.07 bits per heavy atom. The molecule has 1 aromatic heterocycles. The molecule has 1 heterocycles. The lowest BCUT2D eigenvalue weighted by molar-refractivity contribution is 0.426. The summed E-state index contributed by atoms with van der Waals surface area (Å²) in [6, 6.07) is 4.16. The van der Waals surface area contributed by atoms with Gasteiger partial charge in [0.1, 0.15) is 5.82 Å². The number of hydrogen-bond donors (Lipinski definition) is 3. The number of thiophene rings is 1. The maximum atomic E-state index is 13.3. The van der Waals surface area contributed by atoms with Crippen LogP contribution in [0.25, 0.3) is 10.1 Å². The van der Waals surface area contributed by atoms with E-state index in [1.54, 1.807) is 6.07 Å². The monoisotopic (exact) mass is 228 g/mol. The SMILES string of the molecule is OB(O)c1ccc(F)c2cc(S)sc12. The molecule has 72 valence electrons. The van der Waals surface area contributed by atoms with Crippen LogP contribution in [0.15, 0.2) is 22.4 Å². The summed E-state index contributed by atoms with van der Waals surface area (Å²) in [5.74, 6) is -0.374. The van der Waals surface area contributed by atoms with Crippen LogP contribution in [0.4, 0.5) is 4.39 Å². The van der Waals surface area contributed by atoms with Crippen molar-refractivity contribution < 1.29 is 14.4 Å². The second-order valence-electron chi connectivity index (χ2n) is 2.84. The summed E-state index contributed by atoms with van der Waals surface area (Å²) in [7, 11) is -1.58. The van der Waals surface area contributed by atoms with E-state index < -0.39 is 7.12 Å². The van der Waals surface area contributed by atoms with E-state index in [0.717, 1.165) is 0 Å². The zero-order valence-corrected chi connectivity index (χ0v) is 8.65. The maximum Gasteiger partial charge on any atom is 0.489 e. The minimum Gasteiger partial charge on any atom is -0.423 e. The van der Waals surface area contributed by atoms with Gasteiger partial charge in [-0.3, -0.25) is 0 Å². The van der Waals surface area contributed by atoms with Crippen molar-refractivity contribution in [3.63, 3.8) is 0 Å². The first-order valence-corrected chi connectivity index (χ1v) is 5.13. The van der Waals surface area contributed by atoms with Crippen molar-refractivity contribution >= 4 is 46.6 Å². The molecule has 2 nitrogen and oxygen atoms in total. The van der Waals surface area contributed by atoms with Crippen LogP contribution in [0.2, 0.25) is 0 Å². The zero-order valence-electron chi connectivity index (χ0n) is 6.94. The quantitative estimate of drug-likeness (QED) is 0.503. The molecule has 0 aliphatic rings. The van der Waals surface area contributed by atoms with Gasteiger partial charge in [0.2, 0.25) is 0 Å². The number of thiol groups is 1. The Bertz CT molecular complexity index is 483. The Labute approximate surface area is 89.6 Å². The van der Waals surface area contributed by atoms with Crippen molar-refractivity contribution in [1.29, 1.82) is 0 Å². The van der Waals surface area contributed by atoms with Gasteiger partial charge in [0.15, 0.2) is 0 Å². The molecule has 6 heteroatoms. The molecular weight excluding hydrogens is 222 g/mol. The van der Waals surface area contributed by atoms with Crippen LogP contribution in [0.3, 0.4) is 0 Å². The molecule has 0 atom stereocenters. The van der Waals surface area contributed by atoms with Gasteiger partial charge in [-0.2, -0.15) is 0 Å². The van der Waals surface area contributed by atoms with Crippen molar-refractivity contribution in [3.05, 3.63) is 24.0 Å². The Morgan fingerprint density at radius 1 is 1.36 bits per heavy atom. The van der Waals surface area contributed by atoms with Gasteiger partial charge in [-0.1, -0.05) is 6.07 Å². The predicted octanol–water partition coefficient (Wildman–Crippen LogP) is 1.01. The first kappa shape index (κ1) is 9.98. The minimum atomic E-state index is -1.58. The van der Waals surface area contributed by atoms with E-state index in [9.17, 15) is 4.39 Å². The number of halogens is 1. The van der Waals surface area contributed by atoms with Crippen molar-refractivity contribution in [1.82, 2.24) is 0 Å². The number of benzene rings is 1. The summed E-state index contributed by atoms with van der Waals surface area (Å²) in [5.41, 5.74) is 0.312. The lowest BCUT2D eigenvalue weighted by Crippen LogP contribution is -2.29. The van der Waals surface area contributed by atoms with Crippen LogP contribution >= 0.6 is 24.0 Å². The van der Waals surface area contributed by atoms with Gasteiger partial charge < -0.3 is 10.0 Å². The average molecular weight is 228 g/mol. The molecule has 0 fully saturated rings. The fraction of sp³-hybridized carbons (Fsp3) is 0. The molecule has 0 saturated carbocycles. The fourth-order valence-corrected chi connectivity index (χ4v) is 2.65. The molecule has 0 amide bonds. The zero-order chi connectivity index (χ0) is 10.3. The molecule has 0 aliphatic carbocycles. The van der Waals surface area contributed by atoms with E-state index in [-0.39, 0.29) is 5.82 Å². The molecule has 0 bridgehead atoms. The van der Waals surface area contributed by atoms with E-state index in [2.05, 4.69) is 12.6 Å². The third kappa shape index (κ3) is 1.54. The van der Waals surface area contributed by atoms with E-state index in [4.69, 9.17) is 10.0 Å². The van der Waals surface area contributed by atoms with Crippen LogP contribution in [0.1, 0.15) is 0 Å². The highest BCUT2D eigenvalue weighted by atomic mass is 32.2. The van der Waals surface area contributed by atoms with E-state index in [0.29, 0.717) is 19.8 Å². The summed E-state index contributed by atoms with van der Waals surface area (Å²) in [4.78, 5) is 0. The highest BCUT2D eigenvalue weighted by Crippen LogP contribution is 2.28. The lowest BCUT2D eigenvalue weighted by Gasteiger charge is -2.00. The summed E-state index contributed by atoms with van der Waals surface area (Å²) in [6.07, 6.45) is 0. The van der Waals surface area contributed by atoms with Crippen LogP contribution in [0.5, 0.6) is 0 Å². The third-order valence-corrected chi connectivity index (χ3v) is 3.32. The van der Waals surface area contributed by atoms with Gasteiger partial charge in [-0.05, 0) is 12.1 Å². The van der Waals surface area contributed by atoms with Gasteiger partial charge in [0, 0.05) is 15.5 Å². The topological polar surface area (TPSA) is 40.5 Å². The van der Waals surface area contributed by atoms with Crippen LogP contribution < -0.4 is 5.46 Å². The summed E-state index contributed by atoms with van der Waals surface area (Å²) < 4.78 is 14.4. The van der Waals surface area contributed by atoms with Crippen LogP contribution in [0, 0.1) is 5.82 Å². The molecule has 2 aromatic rings. The van der Waals surface area contributed by atoms with Gasteiger partial charge in [0.05, 0.1) is 4.21 Å². The molecule has 2 N–H and O–H groups in total. The van der Waals surface area contributed by atoms with Crippen LogP contribution in [-0.2, 0) is 0 Å². The molecular formula is C8H6BFO2S2. The van der Waals surface area contributed by atoms with Crippen molar-refractivity contribution in [3.8, 4) is 0 Å². The first-order valence-electron chi connectivity index (χ1n) is 3.86. The first-order chi connectivity index (χ1) is 6.59. The standard InChI is InChI=1S/C8H6BFO2S2/c10-6-2-1-5(9(11)12)8-4(6)3-7(13)14-8/h1-3,11-13H. The van der Waals surface area contributed by atoms with Gasteiger partial charge >= 0.3 is 7.12 Å². The Kier molecular flexibility index (Phi) is 2.53. The number of rotatable bonds is 1. The van der Waals surface area contributed by atoms with Crippen LogP contribution in [-0.4, -0.2) is 17.2 Å². The van der Waals surface area contributed by atoms with E-state index in [1.807, 2.05) is 0 Å². The Hall–Kier alpha value is -0.555. The minimum absolute atomic E-state index is 0.312. The Balaban J connectivity index is 2.81. The second-order valence-corrected chi connectivity index (χ2v) is 4.67. The lowest BCUT2D eigenvalue weighted by atomic mass is 9.80. The van der Waals surface area contributed by atoms with Gasteiger partial charge in [0.25, 0.3) is 0 Å². The summed E-state index contributed by atoms with van der Waals surface area (Å²) in [6.45, 7) is 0. The normalized spacial score (nSPS) is 10.9. The molecule has 0 spiro atoms. The molecule has 2 rings (SSSR count). The second kappa shape index (κ2) is 3.54.